The lowest BCUT2D eigenvalue weighted by atomic mass is 9.85. The summed E-state index contributed by atoms with van der Waals surface area (Å²) in [5, 5.41) is 9.74. The number of hydrogen-bond donors (Lipinski definition) is 1. The van der Waals surface area contributed by atoms with Gasteiger partial charge in [0.2, 0.25) is 5.76 Å². The number of hydrogen-bond acceptors (Lipinski definition) is 3. The Labute approximate surface area is 141 Å². The highest BCUT2D eigenvalue weighted by molar-refractivity contribution is 5.89. The molecule has 2 aromatic rings. The molecule has 0 spiro atoms. The Bertz CT molecular complexity index is 816. The Morgan fingerprint density at radius 3 is 2.71 bits per heavy atom. The average molecular weight is 328 g/mol. The standard InChI is InChI=1S/C20H24O4/c1-2-3-4-5-10-15-14-9-7-6-8-13(14)11-16-17(21)12-18(20(22)23)24-19(15)16/h11-12H,2-10H2,1H3,(H,22,23). The average Bonchev–Trinajstić information content (AvgIpc) is 2.58. The molecule has 1 aromatic carbocycles. The molecule has 1 heterocycles. The van der Waals surface area contributed by atoms with Gasteiger partial charge in [-0.15, -0.1) is 0 Å². The summed E-state index contributed by atoms with van der Waals surface area (Å²) < 4.78 is 5.66. The first-order valence-corrected chi connectivity index (χ1v) is 8.96. The van der Waals surface area contributed by atoms with Crippen LogP contribution in [0.3, 0.4) is 0 Å². The third kappa shape index (κ3) is 3.23. The van der Waals surface area contributed by atoms with E-state index in [2.05, 4.69) is 6.92 Å². The Morgan fingerprint density at radius 1 is 1.17 bits per heavy atom. The van der Waals surface area contributed by atoms with Crippen molar-refractivity contribution < 1.29 is 14.3 Å². The first kappa shape index (κ1) is 16.7. The largest absolute Gasteiger partial charge is 0.475 e. The smallest absolute Gasteiger partial charge is 0.371 e. The van der Waals surface area contributed by atoms with Gasteiger partial charge in [0.25, 0.3) is 0 Å². The number of fused-ring (bicyclic) bond motifs is 2. The number of aryl methyl sites for hydroxylation is 2. The van der Waals surface area contributed by atoms with Gasteiger partial charge in [-0.3, -0.25) is 4.79 Å². The molecule has 24 heavy (non-hydrogen) atoms. The van der Waals surface area contributed by atoms with Crippen molar-refractivity contribution in [3.8, 4) is 0 Å². The lowest BCUT2D eigenvalue weighted by Gasteiger charge is -2.21. The summed E-state index contributed by atoms with van der Waals surface area (Å²) in [6.45, 7) is 2.18. The molecule has 0 aliphatic heterocycles. The van der Waals surface area contributed by atoms with Gasteiger partial charge in [0, 0.05) is 6.07 Å². The molecule has 1 N–H and O–H groups in total. The number of carbonyl (C=O) groups is 1. The Morgan fingerprint density at radius 2 is 1.96 bits per heavy atom. The summed E-state index contributed by atoms with van der Waals surface area (Å²) in [5.74, 6) is -1.46. The zero-order valence-corrected chi connectivity index (χ0v) is 14.2. The van der Waals surface area contributed by atoms with Gasteiger partial charge in [-0.25, -0.2) is 4.79 Å². The SMILES string of the molecule is CCCCCCc1c2c(cc3c(=O)cc(C(=O)O)oc13)CCCC2. The van der Waals surface area contributed by atoms with Crippen molar-refractivity contribution >= 4 is 16.9 Å². The van der Waals surface area contributed by atoms with Crippen LogP contribution < -0.4 is 5.43 Å². The zero-order chi connectivity index (χ0) is 17.1. The van der Waals surface area contributed by atoms with E-state index in [4.69, 9.17) is 4.42 Å². The molecule has 0 unspecified atom stereocenters. The minimum absolute atomic E-state index is 0.253. The van der Waals surface area contributed by atoms with E-state index in [0.717, 1.165) is 56.6 Å². The molecule has 3 rings (SSSR count). The normalized spacial score (nSPS) is 13.9. The van der Waals surface area contributed by atoms with E-state index < -0.39 is 5.97 Å². The van der Waals surface area contributed by atoms with Crippen molar-refractivity contribution in [1.82, 2.24) is 0 Å². The van der Waals surface area contributed by atoms with Gasteiger partial charge in [0.15, 0.2) is 5.43 Å². The molecule has 0 bridgehead atoms. The van der Waals surface area contributed by atoms with Gasteiger partial charge in [-0.1, -0.05) is 26.2 Å². The van der Waals surface area contributed by atoms with Crippen molar-refractivity contribution in [2.45, 2.75) is 64.7 Å². The van der Waals surface area contributed by atoms with E-state index in [1.165, 1.54) is 24.0 Å². The van der Waals surface area contributed by atoms with E-state index in [1.807, 2.05) is 6.07 Å². The first-order chi connectivity index (χ1) is 11.6. The van der Waals surface area contributed by atoms with Gasteiger partial charge in [-0.2, -0.15) is 0 Å². The van der Waals surface area contributed by atoms with Crippen LogP contribution in [0.4, 0.5) is 0 Å². The molecule has 0 radical (unpaired) electrons. The fraction of sp³-hybridized carbons (Fsp3) is 0.500. The lowest BCUT2D eigenvalue weighted by Crippen LogP contribution is -2.13. The maximum Gasteiger partial charge on any atom is 0.371 e. The second-order valence-corrected chi connectivity index (χ2v) is 6.67. The third-order valence-corrected chi connectivity index (χ3v) is 4.94. The summed E-state index contributed by atoms with van der Waals surface area (Å²) in [4.78, 5) is 23.7. The molecule has 1 aliphatic carbocycles. The highest BCUT2D eigenvalue weighted by atomic mass is 16.4. The predicted molar refractivity (Wildman–Crippen MR) is 93.9 cm³/mol. The third-order valence-electron chi connectivity index (χ3n) is 4.94. The summed E-state index contributed by atoms with van der Waals surface area (Å²) in [6.07, 6.45) is 9.68. The van der Waals surface area contributed by atoms with Crippen LogP contribution in [0.2, 0.25) is 0 Å². The van der Waals surface area contributed by atoms with E-state index in [0.29, 0.717) is 11.0 Å². The Balaban J connectivity index is 2.15. The van der Waals surface area contributed by atoms with E-state index >= 15 is 0 Å². The van der Waals surface area contributed by atoms with Gasteiger partial charge in [-0.05, 0) is 61.3 Å². The fourth-order valence-electron chi connectivity index (χ4n) is 3.71. The molecule has 0 fully saturated rings. The molecule has 4 heteroatoms. The zero-order valence-electron chi connectivity index (χ0n) is 14.2. The van der Waals surface area contributed by atoms with Crippen LogP contribution in [0.5, 0.6) is 0 Å². The maximum absolute atomic E-state index is 12.4. The number of carboxylic acids is 1. The molecule has 0 amide bonds. The van der Waals surface area contributed by atoms with Crippen LogP contribution in [0.1, 0.15) is 72.7 Å². The number of carboxylic acid groups (broad SMARTS) is 1. The Kier molecular flexibility index (Phi) is 5.03. The van der Waals surface area contributed by atoms with Crippen molar-refractivity contribution in [3.63, 3.8) is 0 Å². The van der Waals surface area contributed by atoms with Crippen LogP contribution in [0.15, 0.2) is 21.3 Å². The molecular weight excluding hydrogens is 304 g/mol. The topological polar surface area (TPSA) is 67.5 Å². The monoisotopic (exact) mass is 328 g/mol. The number of benzene rings is 1. The van der Waals surface area contributed by atoms with Gasteiger partial charge in [0.1, 0.15) is 5.58 Å². The van der Waals surface area contributed by atoms with E-state index in [1.54, 1.807) is 0 Å². The van der Waals surface area contributed by atoms with Crippen molar-refractivity contribution in [2.24, 2.45) is 0 Å². The number of aromatic carboxylic acids is 1. The summed E-state index contributed by atoms with van der Waals surface area (Å²) in [5.41, 5.74) is 3.85. The second-order valence-electron chi connectivity index (χ2n) is 6.67. The summed E-state index contributed by atoms with van der Waals surface area (Å²) in [6, 6.07) is 3.03. The van der Waals surface area contributed by atoms with Gasteiger partial charge >= 0.3 is 5.97 Å². The van der Waals surface area contributed by atoms with Crippen LogP contribution >= 0.6 is 0 Å². The molecular formula is C20H24O4. The molecule has 1 aromatic heterocycles. The van der Waals surface area contributed by atoms with Crippen LogP contribution in [-0.4, -0.2) is 11.1 Å². The number of unbranched alkanes of at least 4 members (excludes halogenated alkanes) is 3. The van der Waals surface area contributed by atoms with Gasteiger partial charge < -0.3 is 9.52 Å². The molecule has 0 atom stereocenters. The van der Waals surface area contributed by atoms with E-state index in [9.17, 15) is 14.7 Å². The maximum atomic E-state index is 12.4. The second kappa shape index (κ2) is 7.20. The quantitative estimate of drug-likeness (QED) is 0.793. The van der Waals surface area contributed by atoms with Crippen LogP contribution in [0, 0.1) is 0 Å². The highest BCUT2D eigenvalue weighted by Gasteiger charge is 2.21. The van der Waals surface area contributed by atoms with Crippen molar-refractivity contribution in [3.05, 3.63) is 44.8 Å². The minimum atomic E-state index is -1.19. The lowest BCUT2D eigenvalue weighted by molar-refractivity contribution is 0.0663. The van der Waals surface area contributed by atoms with Gasteiger partial charge in [0.05, 0.1) is 5.39 Å². The minimum Gasteiger partial charge on any atom is -0.475 e. The molecule has 4 nitrogen and oxygen atoms in total. The van der Waals surface area contributed by atoms with Crippen LogP contribution in [-0.2, 0) is 19.3 Å². The molecule has 0 saturated heterocycles. The fourth-order valence-corrected chi connectivity index (χ4v) is 3.71. The van der Waals surface area contributed by atoms with Crippen LogP contribution in [0.25, 0.3) is 11.0 Å². The molecule has 128 valence electrons. The van der Waals surface area contributed by atoms with Crippen molar-refractivity contribution in [2.75, 3.05) is 0 Å². The number of rotatable bonds is 6. The summed E-state index contributed by atoms with van der Waals surface area (Å²) >= 11 is 0. The van der Waals surface area contributed by atoms with E-state index in [-0.39, 0.29) is 11.2 Å². The Hall–Kier alpha value is -2.10. The van der Waals surface area contributed by atoms with Crippen molar-refractivity contribution in [1.29, 1.82) is 0 Å². The predicted octanol–water partition coefficient (Wildman–Crippen LogP) is 4.49. The highest BCUT2D eigenvalue weighted by Crippen LogP contribution is 2.32. The first-order valence-electron chi connectivity index (χ1n) is 8.96. The summed E-state index contributed by atoms with van der Waals surface area (Å²) in [7, 11) is 0. The molecule has 1 aliphatic rings. The molecule has 0 saturated carbocycles.